The van der Waals surface area contributed by atoms with Crippen LogP contribution >= 0.6 is 0 Å². The molecular formula is C16H11B3F12K-3. The Labute approximate surface area is 217 Å². The van der Waals surface area contributed by atoms with Crippen LogP contribution in [0.15, 0.2) is 60.7 Å². The Bertz CT molecular complexity index is 925. The summed E-state index contributed by atoms with van der Waals surface area (Å²) in [4.78, 5) is 0. The van der Waals surface area contributed by atoms with Crippen LogP contribution in [0.3, 0.4) is 0 Å². The van der Waals surface area contributed by atoms with Gasteiger partial charge in [0.1, 0.15) is 0 Å². The molecule has 0 amide bonds. The zero-order chi connectivity index (χ0) is 24.0. The molecule has 0 spiro atoms. The van der Waals surface area contributed by atoms with Gasteiger partial charge in [0, 0.05) is 0 Å². The van der Waals surface area contributed by atoms with Crippen molar-refractivity contribution in [1.82, 2.24) is 0 Å². The van der Waals surface area contributed by atoms with E-state index in [9.17, 15) is 51.8 Å². The second kappa shape index (κ2) is 12.4. The van der Waals surface area contributed by atoms with E-state index in [0.717, 1.165) is 0 Å². The standard InChI is InChI=1S/C16H10.3BF4.K.H/c1-3-11-7-9-13-5-2-6-14-10-8-12(4-1)15(11)16(13)14;3*2-1(3,4)5;;/h1-10H;;;;;/q;3*-1;+1;-1. The van der Waals surface area contributed by atoms with Crippen molar-refractivity contribution in [2.24, 2.45) is 0 Å². The molecule has 0 heterocycles. The van der Waals surface area contributed by atoms with E-state index in [4.69, 9.17) is 0 Å². The molecule has 16 heteroatoms. The molecule has 0 bridgehead atoms. The van der Waals surface area contributed by atoms with Gasteiger partial charge in [-0.2, -0.15) is 0 Å². The first-order valence-electron chi connectivity index (χ1n) is 8.18. The number of rotatable bonds is 0. The Hall–Kier alpha value is -1.09. The Morgan fingerprint density at radius 1 is 0.375 bits per heavy atom. The summed E-state index contributed by atoms with van der Waals surface area (Å²) in [5, 5.41) is 8.14. The first-order chi connectivity index (χ1) is 13.9. The third kappa shape index (κ3) is 13.5. The van der Waals surface area contributed by atoms with E-state index in [2.05, 4.69) is 60.7 Å². The van der Waals surface area contributed by atoms with Gasteiger partial charge in [-0.15, -0.1) is 0 Å². The maximum absolute atomic E-state index is 9.75. The summed E-state index contributed by atoms with van der Waals surface area (Å²) in [6.45, 7) is 0. The number of halogens is 12. The van der Waals surface area contributed by atoms with E-state index < -0.39 is 21.8 Å². The Kier molecular flexibility index (Phi) is 12.0. The fraction of sp³-hybridized carbons (Fsp3) is 0. The molecule has 0 atom stereocenters. The average molecular weight is 503 g/mol. The van der Waals surface area contributed by atoms with Crippen LogP contribution in [0.5, 0.6) is 0 Å². The minimum Gasteiger partial charge on any atom is -1.00 e. The molecule has 0 aromatic heterocycles. The van der Waals surface area contributed by atoms with Gasteiger partial charge < -0.3 is 53.2 Å². The van der Waals surface area contributed by atoms with Crippen molar-refractivity contribution >= 4 is 54.1 Å². The van der Waals surface area contributed by atoms with E-state index in [-0.39, 0.29) is 52.8 Å². The van der Waals surface area contributed by atoms with Crippen molar-refractivity contribution in [2.75, 3.05) is 0 Å². The van der Waals surface area contributed by atoms with Crippen molar-refractivity contribution in [3.8, 4) is 0 Å². The zero-order valence-corrected chi connectivity index (χ0v) is 19.2. The summed E-state index contributed by atoms with van der Waals surface area (Å²) in [5.74, 6) is 0. The fourth-order valence-corrected chi connectivity index (χ4v) is 2.67. The maximum Gasteiger partial charge on any atom is 1.00 e. The van der Waals surface area contributed by atoms with Gasteiger partial charge in [-0.3, -0.25) is 0 Å². The smallest absolute Gasteiger partial charge is 1.00 e. The fourth-order valence-electron chi connectivity index (χ4n) is 2.67. The van der Waals surface area contributed by atoms with Gasteiger partial charge in [0.25, 0.3) is 0 Å². The van der Waals surface area contributed by atoms with Gasteiger partial charge >= 0.3 is 73.1 Å². The molecule has 0 aliphatic rings. The van der Waals surface area contributed by atoms with E-state index in [1.807, 2.05) is 0 Å². The van der Waals surface area contributed by atoms with Crippen molar-refractivity contribution in [3.63, 3.8) is 0 Å². The van der Waals surface area contributed by atoms with Gasteiger partial charge in [0.2, 0.25) is 0 Å². The summed E-state index contributed by atoms with van der Waals surface area (Å²) in [6, 6.07) is 21.9. The van der Waals surface area contributed by atoms with E-state index in [1.165, 1.54) is 32.3 Å². The Morgan fingerprint density at radius 2 is 0.531 bits per heavy atom. The normalized spacial score (nSPS) is 11.5. The zero-order valence-electron chi connectivity index (χ0n) is 17.0. The summed E-state index contributed by atoms with van der Waals surface area (Å²) in [5.41, 5.74) is 0. The summed E-state index contributed by atoms with van der Waals surface area (Å²) in [7, 11) is -18.0. The van der Waals surface area contributed by atoms with Crippen LogP contribution in [-0.2, 0) is 0 Å². The first-order valence-corrected chi connectivity index (χ1v) is 8.18. The van der Waals surface area contributed by atoms with Crippen LogP contribution in [0.2, 0.25) is 0 Å². The van der Waals surface area contributed by atoms with Crippen LogP contribution in [0.1, 0.15) is 1.43 Å². The maximum atomic E-state index is 9.75. The van der Waals surface area contributed by atoms with Crippen LogP contribution in [0, 0.1) is 0 Å². The van der Waals surface area contributed by atoms with Gasteiger partial charge in [-0.25, -0.2) is 0 Å². The minimum atomic E-state index is -6.00. The third-order valence-corrected chi connectivity index (χ3v) is 3.39. The molecule has 0 unspecified atom stereocenters. The van der Waals surface area contributed by atoms with Gasteiger partial charge in [0.15, 0.2) is 0 Å². The van der Waals surface area contributed by atoms with Crippen molar-refractivity contribution in [1.29, 1.82) is 0 Å². The SMILES string of the molecule is F[B-](F)(F)F.F[B-](F)(F)F.F[B-](F)(F)F.[H-].[K+].c1cc2ccc3cccc4ccc(c1)c2c34. The second-order valence-electron chi connectivity index (χ2n) is 5.77. The molecule has 0 saturated carbocycles. The number of benzene rings is 4. The monoisotopic (exact) mass is 503 g/mol. The van der Waals surface area contributed by atoms with Crippen LogP contribution < -0.4 is 51.4 Å². The molecule has 0 aliphatic carbocycles. The minimum absolute atomic E-state index is 0. The topological polar surface area (TPSA) is 0 Å². The second-order valence-corrected chi connectivity index (χ2v) is 5.77. The summed E-state index contributed by atoms with van der Waals surface area (Å²) in [6.07, 6.45) is 0. The molecule has 0 saturated heterocycles. The van der Waals surface area contributed by atoms with Crippen molar-refractivity contribution in [3.05, 3.63) is 60.7 Å². The molecule has 4 rings (SSSR count). The molecule has 32 heavy (non-hydrogen) atoms. The summed E-state index contributed by atoms with van der Waals surface area (Å²) < 4.78 is 117. The Balaban J connectivity index is 0. The van der Waals surface area contributed by atoms with Crippen molar-refractivity contribution in [2.45, 2.75) is 0 Å². The molecular weight excluding hydrogens is 492 g/mol. The molecule has 172 valence electrons. The molecule has 0 nitrogen and oxygen atoms in total. The molecule has 0 N–H and O–H groups in total. The number of hydrogen-bond donors (Lipinski definition) is 0. The van der Waals surface area contributed by atoms with Crippen molar-refractivity contribution < 1.29 is 105 Å². The first kappa shape index (κ1) is 30.9. The van der Waals surface area contributed by atoms with Crippen LogP contribution in [0.4, 0.5) is 51.8 Å². The van der Waals surface area contributed by atoms with Crippen LogP contribution in [0.25, 0.3) is 32.3 Å². The molecule has 4 aromatic carbocycles. The molecule has 0 radical (unpaired) electrons. The largest absolute Gasteiger partial charge is 1.00 e. The third-order valence-electron chi connectivity index (χ3n) is 3.39. The molecule has 0 fully saturated rings. The van der Waals surface area contributed by atoms with E-state index in [0.29, 0.717) is 0 Å². The van der Waals surface area contributed by atoms with E-state index in [1.54, 1.807) is 0 Å². The Morgan fingerprint density at radius 3 is 0.688 bits per heavy atom. The predicted octanol–water partition coefficient (Wildman–Crippen LogP) is 5.60. The van der Waals surface area contributed by atoms with Gasteiger partial charge in [0.05, 0.1) is 0 Å². The average Bonchev–Trinajstić information content (AvgIpc) is 2.55. The van der Waals surface area contributed by atoms with Gasteiger partial charge in [-0.05, 0) is 32.3 Å². The predicted molar refractivity (Wildman–Crippen MR) is 102 cm³/mol. The quantitative estimate of drug-likeness (QED) is 0.167. The number of hydrogen-bond acceptors (Lipinski definition) is 0. The van der Waals surface area contributed by atoms with Crippen LogP contribution in [-0.4, -0.2) is 21.8 Å². The molecule has 4 aromatic rings. The van der Waals surface area contributed by atoms with E-state index >= 15 is 0 Å². The molecule has 0 aliphatic heterocycles. The summed E-state index contributed by atoms with van der Waals surface area (Å²) >= 11 is 0. The van der Waals surface area contributed by atoms with Gasteiger partial charge in [-0.1, -0.05) is 60.7 Å².